The number of aromatic nitrogens is 2. The maximum atomic E-state index is 10.8. The van der Waals surface area contributed by atoms with E-state index in [4.69, 9.17) is 5.73 Å². The maximum Gasteiger partial charge on any atom is 0.236 e. The largest absolute Gasteiger partial charge is 0.370 e. The molecule has 0 atom stereocenters. The van der Waals surface area contributed by atoms with E-state index in [0.717, 1.165) is 18.8 Å². The van der Waals surface area contributed by atoms with Crippen LogP contribution in [0.5, 0.6) is 0 Å². The van der Waals surface area contributed by atoms with Crippen molar-refractivity contribution in [3.05, 3.63) is 12.4 Å². The van der Waals surface area contributed by atoms with E-state index in [1.807, 2.05) is 0 Å². The highest BCUT2D eigenvalue weighted by atomic mass is 16.1. The Morgan fingerprint density at radius 3 is 2.94 bits per heavy atom. The van der Waals surface area contributed by atoms with E-state index in [1.54, 1.807) is 18.0 Å². The minimum Gasteiger partial charge on any atom is -0.370 e. The predicted octanol–water partition coefficient (Wildman–Crippen LogP) is 0.220. The van der Waals surface area contributed by atoms with Gasteiger partial charge in [0.1, 0.15) is 18.0 Å². The molecule has 0 spiro atoms. The van der Waals surface area contributed by atoms with Crippen molar-refractivity contribution < 1.29 is 4.79 Å². The molecule has 1 aromatic heterocycles. The van der Waals surface area contributed by atoms with Gasteiger partial charge in [0.2, 0.25) is 5.91 Å². The van der Waals surface area contributed by atoms with Crippen molar-refractivity contribution in [1.82, 2.24) is 9.97 Å². The van der Waals surface area contributed by atoms with Crippen LogP contribution in [0.25, 0.3) is 0 Å². The first-order valence-corrected chi connectivity index (χ1v) is 5.19. The molecule has 1 amide bonds. The molecule has 0 saturated carbocycles. The van der Waals surface area contributed by atoms with E-state index in [9.17, 15) is 4.79 Å². The summed E-state index contributed by atoms with van der Waals surface area (Å²) in [5.41, 5.74) is 5.11. The van der Waals surface area contributed by atoms with Crippen LogP contribution in [-0.2, 0) is 4.79 Å². The molecule has 3 N–H and O–H groups in total. The number of nitrogens with two attached hydrogens (primary N) is 1. The fraction of sp³-hybridized carbons (Fsp3) is 0.500. The highest BCUT2D eigenvalue weighted by molar-refractivity contribution is 5.79. The van der Waals surface area contributed by atoms with Crippen LogP contribution in [0.1, 0.15) is 13.3 Å². The van der Waals surface area contributed by atoms with Crippen molar-refractivity contribution >= 4 is 17.5 Å². The van der Waals surface area contributed by atoms with Crippen molar-refractivity contribution in [1.29, 1.82) is 0 Å². The van der Waals surface area contributed by atoms with E-state index in [1.165, 1.54) is 6.33 Å². The third-order valence-electron chi connectivity index (χ3n) is 1.99. The monoisotopic (exact) mass is 223 g/mol. The summed E-state index contributed by atoms with van der Waals surface area (Å²) >= 11 is 0. The van der Waals surface area contributed by atoms with Crippen molar-refractivity contribution in [2.24, 2.45) is 5.73 Å². The van der Waals surface area contributed by atoms with Crippen molar-refractivity contribution in [3.63, 3.8) is 0 Å². The van der Waals surface area contributed by atoms with E-state index >= 15 is 0 Å². The van der Waals surface area contributed by atoms with Crippen molar-refractivity contribution in [2.75, 3.05) is 30.4 Å². The Morgan fingerprint density at radius 1 is 1.56 bits per heavy atom. The molecule has 0 bridgehead atoms. The van der Waals surface area contributed by atoms with Gasteiger partial charge >= 0.3 is 0 Å². The van der Waals surface area contributed by atoms with Crippen LogP contribution < -0.4 is 16.0 Å². The summed E-state index contributed by atoms with van der Waals surface area (Å²) in [5, 5.41) is 3.15. The number of hydrogen-bond donors (Lipinski definition) is 2. The smallest absolute Gasteiger partial charge is 0.236 e. The van der Waals surface area contributed by atoms with Gasteiger partial charge in [0, 0.05) is 19.7 Å². The molecule has 0 fully saturated rings. The lowest BCUT2D eigenvalue weighted by atomic mass is 10.4. The molecule has 0 unspecified atom stereocenters. The number of carbonyl (C=O) groups excluding carboxylic acids is 1. The van der Waals surface area contributed by atoms with Crippen LogP contribution in [0.15, 0.2) is 12.4 Å². The van der Waals surface area contributed by atoms with Crippen LogP contribution >= 0.6 is 0 Å². The average Bonchev–Trinajstić information content (AvgIpc) is 2.26. The lowest BCUT2D eigenvalue weighted by Gasteiger charge is -2.16. The number of anilines is 2. The molecule has 0 saturated heterocycles. The lowest BCUT2D eigenvalue weighted by molar-refractivity contribution is -0.116. The SMILES string of the molecule is CCCNc1cc(N(C)CC(N)=O)ncn1. The summed E-state index contributed by atoms with van der Waals surface area (Å²) in [6, 6.07) is 1.79. The molecule has 0 aliphatic carbocycles. The average molecular weight is 223 g/mol. The first-order valence-electron chi connectivity index (χ1n) is 5.19. The Labute approximate surface area is 94.9 Å². The molecule has 0 aliphatic heterocycles. The molecule has 0 aromatic carbocycles. The quantitative estimate of drug-likeness (QED) is 0.720. The minimum absolute atomic E-state index is 0.143. The van der Waals surface area contributed by atoms with Gasteiger partial charge in [0.05, 0.1) is 6.54 Å². The summed E-state index contributed by atoms with van der Waals surface area (Å²) in [6.07, 6.45) is 2.49. The normalized spacial score (nSPS) is 9.88. The summed E-state index contributed by atoms with van der Waals surface area (Å²) in [4.78, 5) is 20.6. The third kappa shape index (κ3) is 3.72. The number of likely N-dealkylation sites (N-methyl/N-ethyl adjacent to an activating group) is 1. The topological polar surface area (TPSA) is 84.1 Å². The second kappa shape index (κ2) is 5.89. The molecule has 1 heterocycles. The van der Waals surface area contributed by atoms with Crippen LogP contribution in [-0.4, -0.2) is 36.0 Å². The molecule has 16 heavy (non-hydrogen) atoms. The number of primary amides is 1. The number of hydrogen-bond acceptors (Lipinski definition) is 5. The predicted molar refractivity (Wildman–Crippen MR) is 63.3 cm³/mol. The molecule has 6 nitrogen and oxygen atoms in total. The number of amides is 1. The van der Waals surface area contributed by atoms with E-state index in [0.29, 0.717) is 5.82 Å². The Morgan fingerprint density at radius 2 is 2.31 bits per heavy atom. The second-order valence-corrected chi connectivity index (χ2v) is 3.51. The lowest BCUT2D eigenvalue weighted by Crippen LogP contribution is -2.31. The summed E-state index contributed by atoms with van der Waals surface area (Å²) < 4.78 is 0. The van der Waals surface area contributed by atoms with Crippen LogP contribution in [0.2, 0.25) is 0 Å². The van der Waals surface area contributed by atoms with E-state index in [-0.39, 0.29) is 12.5 Å². The van der Waals surface area contributed by atoms with Crippen LogP contribution in [0, 0.1) is 0 Å². The maximum absolute atomic E-state index is 10.8. The first kappa shape index (κ1) is 12.2. The number of rotatable bonds is 6. The number of nitrogens with zero attached hydrogens (tertiary/aromatic N) is 3. The zero-order valence-corrected chi connectivity index (χ0v) is 9.60. The fourth-order valence-electron chi connectivity index (χ4n) is 1.22. The van der Waals surface area contributed by atoms with Gasteiger partial charge in [-0.15, -0.1) is 0 Å². The van der Waals surface area contributed by atoms with Gasteiger partial charge in [-0.25, -0.2) is 9.97 Å². The third-order valence-corrected chi connectivity index (χ3v) is 1.99. The Balaban J connectivity index is 2.69. The molecule has 0 aliphatic rings. The Kier molecular flexibility index (Phi) is 4.50. The summed E-state index contributed by atoms with van der Waals surface area (Å²) in [6.45, 7) is 3.08. The van der Waals surface area contributed by atoms with Gasteiger partial charge in [-0.2, -0.15) is 0 Å². The number of carbonyl (C=O) groups is 1. The zero-order chi connectivity index (χ0) is 12.0. The van der Waals surface area contributed by atoms with Gasteiger partial charge < -0.3 is 16.0 Å². The molecule has 0 radical (unpaired) electrons. The summed E-state index contributed by atoms with van der Waals surface area (Å²) in [5.74, 6) is 1.04. The number of nitrogens with one attached hydrogen (secondary N) is 1. The molecule has 88 valence electrons. The highest BCUT2D eigenvalue weighted by Gasteiger charge is 2.06. The van der Waals surface area contributed by atoms with Gasteiger partial charge in [-0.3, -0.25) is 4.79 Å². The summed E-state index contributed by atoms with van der Waals surface area (Å²) in [7, 11) is 1.76. The fourth-order valence-corrected chi connectivity index (χ4v) is 1.22. The standard InChI is InChI=1S/C10H17N5O/c1-3-4-12-9-5-10(14-7-13-9)15(2)6-8(11)16/h5,7H,3-4,6H2,1-2H3,(H2,11,16)(H,12,13,14). The molecule has 1 aromatic rings. The van der Waals surface area contributed by atoms with Crippen molar-refractivity contribution in [2.45, 2.75) is 13.3 Å². The van der Waals surface area contributed by atoms with E-state index in [2.05, 4.69) is 22.2 Å². The van der Waals surface area contributed by atoms with Crippen LogP contribution in [0.3, 0.4) is 0 Å². The van der Waals surface area contributed by atoms with Gasteiger partial charge in [-0.05, 0) is 6.42 Å². The first-order chi connectivity index (χ1) is 7.63. The minimum atomic E-state index is -0.385. The molecular weight excluding hydrogens is 206 g/mol. The Bertz CT molecular complexity index is 355. The zero-order valence-electron chi connectivity index (χ0n) is 9.60. The van der Waals surface area contributed by atoms with Crippen LogP contribution in [0.4, 0.5) is 11.6 Å². The molecular formula is C10H17N5O. The molecule has 6 heteroatoms. The Hall–Kier alpha value is -1.85. The van der Waals surface area contributed by atoms with Gasteiger partial charge in [0.15, 0.2) is 0 Å². The molecule has 1 rings (SSSR count). The van der Waals surface area contributed by atoms with Gasteiger partial charge in [0.25, 0.3) is 0 Å². The van der Waals surface area contributed by atoms with Crippen molar-refractivity contribution in [3.8, 4) is 0 Å². The van der Waals surface area contributed by atoms with E-state index < -0.39 is 0 Å². The second-order valence-electron chi connectivity index (χ2n) is 3.51. The highest BCUT2D eigenvalue weighted by Crippen LogP contribution is 2.11. The van der Waals surface area contributed by atoms with Gasteiger partial charge in [-0.1, -0.05) is 6.92 Å².